The molecule has 0 saturated carbocycles. The number of nitrogens with zero attached hydrogens (tertiary/aromatic N) is 1. The van der Waals surface area contributed by atoms with Gasteiger partial charge in [0, 0.05) is 19.5 Å². The topological polar surface area (TPSA) is 57.6 Å². The van der Waals surface area contributed by atoms with Crippen LogP contribution in [-0.2, 0) is 9.59 Å². The highest BCUT2D eigenvalue weighted by Crippen LogP contribution is 2.18. The quantitative estimate of drug-likeness (QED) is 0.692. The van der Waals surface area contributed by atoms with E-state index >= 15 is 0 Å². The molecule has 0 aliphatic carbocycles. The van der Waals surface area contributed by atoms with Crippen molar-refractivity contribution in [1.82, 2.24) is 4.90 Å². The van der Waals surface area contributed by atoms with E-state index in [2.05, 4.69) is 20.8 Å². The zero-order chi connectivity index (χ0) is 15.4. The van der Waals surface area contributed by atoms with E-state index in [1.807, 2.05) is 0 Å². The fourth-order valence-electron chi connectivity index (χ4n) is 2.06. The summed E-state index contributed by atoms with van der Waals surface area (Å²) in [5.41, 5.74) is 0. The zero-order valence-corrected chi connectivity index (χ0v) is 13.4. The summed E-state index contributed by atoms with van der Waals surface area (Å²) in [5, 5.41) is 8.81. The van der Waals surface area contributed by atoms with Crippen LogP contribution in [-0.4, -0.2) is 35.0 Å². The van der Waals surface area contributed by atoms with Crippen molar-refractivity contribution in [2.45, 2.75) is 72.1 Å². The number of carbonyl (C=O) groups is 2. The molecule has 1 fully saturated rings. The molecule has 1 heterocycles. The van der Waals surface area contributed by atoms with Gasteiger partial charge in [-0.05, 0) is 6.42 Å². The van der Waals surface area contributed by atoms with Gasteiger partial charge >= 0.3 is 5.97 Å². The maximum atomic E-state index is 11.5. The summed E-state index contributed by atoms with van der Waals surface area (Å²) in [6.45, 7) is 7.66. The number of likely N-dealkylation sites (tertiary alicyclic amines) is 1. The lowest BCUT2D eigenvalue weighted by Crippen LogP contribution is -2.27. The number of amides is 1. The second-order valence-corrected chi connectivity index (χ2v) is 5.49. The molecule has 4 nitrogen and oxygen atoms in total. The number of carboxylic acids is 1. The summed E-state index contributed by atoms with van der Waals surface area (Å²) >= 11 is 0. The second kappa shape index (κ2) is 11.7. The lowest BCUT2D eigenvalue weighted by atomic mass is 10.1. The molecule has 1 unspecified atom stereocenters. The first kappa shape index (κ1) is 18.9. The molecule has 1 saturated heterocycles. The maximum Gasteiger partial charge on any atom is 0.308 e. The molecule has 0 aromatic carbocycles. The number of hydrogen-bond donors (Lipinski definition) is 1. The minimum atomic E-state index is -0.846. The SMILES string of the molecule is CCCC.CCCCCCCN1CC(C(=O)O)CC1=O. The Morgan fingerprint density at radius 2 is 1.70 bits per heavy atom. The number of carbonyl (C=O) groups excluding carboxylic acids is 1. The van der Waals surface area contributed by atoms with Crippen LogP contribution in [0.4, 0.5) is 0 Å². The van der Waals surface area contributed by atoms with Crippen LogP contribution in [0.5, 0.6) is 0 Å². The number of hydrogen-bond acceptors (Lipinski definition) is 2. The molecule has 1 aliphatic rings. The van der Waals surface area contributed by atoms with Gasteiger partial charge in [-0.25, -0.2) is 0 Å². The zero-order valence-electron chi connectivity index (χ0n) is 13.4. The Kier molecular flexibility index (Phi) is 11.1. The fourth-order valence-corrected chi connectivity index (χ4v) is 2.06. The number of carboxylic acid groups (broad SMARTS) is 1. The summed E-state index contributed by atoms with van der Waals surface area (Å²) < 4.78 is 0. The maximum absolute atomic E-state index is 11.5. The fraction of sp³-hybridized carbons (Fsp3) is 0.875. The number of unbranched alkanes of at least 4 members (excludes halogenated alkanes) is 5. The van der Waals surface area contributed by atoms with Gasteiger partial charge in [0.05, 0.1) is 5.92 Å². The summed E-state index contributed by atoms with van der Waals surface area (Å²) in [4.78, 5) is 23.9. The first-order valence-corrected chi connectivity index (χ1v) is 8.07. The Morgan fingerprint density at radius 3 is 2.15 bits per heavy atom. The highest BCUT2D eigenvalue weighted by molar-refractivity contribution is 5.86. The molecule has 1 N–H and O–H groups in total. The van der Waals surface area contributed by atoms with Crippen LogP contribution in [0.1, 0.15) is 72.1 Å². The first-order chi connectivity index (χ1) is 9.56. The van der Waals surface area contributed by atoms with Crippen LogP contribution in [0.15, 0.2) is 0 Å². The van der Waals surface area contributed by atoms with E-state index in [-0.39, 0.29) is 12.3 Å². The minimum Gasteiger partial charge on any atom is -0.481 e. The van der Waals surface area contributed by atoms with E-state index in [1.165, 1.54) is 32.1 Å². The summed E-state index contributed by atoms with van der Waals surface area (Å²) in [6, 6.07) is 0. The molecule has 20 heavy (non-hydrogen) atoms. The van der Waals surface area contributed by atoms with Gasteiger partial charge in [-0.3, -0.25) is 9.59 Å². The predicted octanol–water partition coefficient (Wildman–Crippen LogP) is 3.70. The molecule has 118 valence electrons. The van der Waals surface area contributed by atoms with Gasteiger partial charge in [-0.2, -0.15) is 0 Å². The normalized spacial score (nSPS) is 17.9. The summed E-state index contributed by atoms with van der Waals surface area (Å²) in [5.74, 6) is -1.33. The molecule has 1 amide bonds. The Morgan fingerprint density at radius 1 is 1.10 bits per heavy atom. The number of aliphatic carboxylic acids is 1. The van der Waals surface area contributed by atoms with Crippen molar-refractivity contribution in [2.24, 2.45) is 5.92 Å². The summed E-state index contributed by atoms with van der Waals surface area (Å²) in [6.07, 6.45) is 8.62. The van der Waals surface area contributed by atoms with Crippen molar-refractivity contribution in [3.8, 4) is 0 Å². The highest BCUT2D eigenvalue weighted by atomic mass is 16.4. The molecule has 0 radical (unpaired) electrons. The van der Waals surface area contributed by atoms with Crippen LogP contribution >= 0.6 is 0 Å². The third kappa shape index (κ3) is 8.18. The largest absolute Gasteiger partial charge is 0.481 e. The van der Waals surface area contributed by atoms with Crippen molar-refractivity contribution in [3.05, 3.63) is 0 Å². The monoisotopic (exact) mass is 285 g/mol. The number of rotatable bonds is 8. The van der Waals surface area contributed by atoms with Crippen molar-refractivity contribution < 1.29 is 14.7 Å². The molecular weight excluding hydrogens is 254 g/mol. The van der Waals surface area contributed by atoms with Crippen molar-refractivity contribution in [3.63, 3.8) is 0 Å². The Balaban J connectivity index is 0.000000796. The van der Waals surface area contributed by atoms with Gasteiger partial charge in [-0.1, -0.05) is 59.3 Å². The lowest BCUT2D eigenvalue weighted by Gasteiger charge is -2.15. The standard InChI is InChI=1S/C12H21NO3.C4H10/c1-2-3-4-5-6-7-13-9-10(12(15)16)8-11(13)14;1-3-4-2/h10H,2-9H2,1H3,(H,15,16);3-4H2,1-2H3. The van der Waals surface area contributed by atoms with E-state index in [9.17, 15) is 9.59 Å². The Bertz CT molecular complexity index is 277. The van der Waals surface area contributed by atoms with Crippen LogP contribution in [0.25, 0.3) is 0 Å². The van der Waals surface area contributed by atoms with Crippen LogP contribution < -0.4 is 0 Å². The van der Waals surface area contributed by atoms with E-state index in [1.54, 1.807) is 4.90 Å². The van der Waals surface area contributed by atoms with Gasteiger partial charge in [0.25, 0.3) is 0 Å². The molecule has 0 bridgehead atoms. The average molecular weight is 285 g/mol. The third-order valence-corrected chi connectivity index (χ3v) is 3.60. The van der Waals surface area contributed by atoms with Gasteiger partial charge in [0.1, 0.15) is 0 Å². The molecule has 0 aromatic rings. The van der Waals surface area contributed by atoms with E-state index in [0.29, 0.717) is 6.54 Å². The minimum absolute atomic E-state index is 0.00268. The van der Waals surface area contributed by atoms with E-state index in [0.717, 1.165) is 19.4 Å². The highest BCUT2D eigenvalue weighted by Gasteiger charge is 2.33. The third-order valence-electron chi connectivity index (χ3n) is 3.60. The molecule has 1 rings (SSSR count). The van der Waals surface area contributed by atoms with Gasteiger partial charge in [0.2, 0.25) is 5.91 Å². The van der Waals surface area contributed by atoms with Crippen molar-refractivity contribution in [2.75, 3.05) is 13.1 Å². The van der Waals surface area contributed by atoms with Crippen LogP contribution in [0.2, 0.25) is 0 Å². The van der Waals surface area contributed by atoms with E-state index in [4.69, 9.17) is 5.11 Å². The van der Waals surface area contributed by atoms with Gasteiger partial charge < -0.3 is 10.0 Å². The molecule has 1 aliphatic heterocycles. The predicted molar refractivity (Wildman–Crippen MR) is 81.7 cm³/mol. The van der Waals surface area contributed by atoms with Gasteiger partial charge in [-0.15, -0.1) is 0 Å². The molecule has 1 atom stereocenters. The molecule has 0 spiro atoms. The first-order valence-electron chi connectivity index (χ1n) is 8.07. The second-order valence-electron chi connectivity index (χ2n) is 5.49. The Labute approximate surface area is 123 Å². The van der Waals surface area contributed by atoms with Crippen molar-refractivity contribution in [1.29, 1.82) is 0 Å². The van der Waals surface area contributed by atoms with Crippen molar-refractivity contribution >= 4 is 11.9 Å². The average Bonchev–Trinajstić information content (AvgIpc) is 2.81. The smallest absolute Gasteiger partial charge is 0.308 e. The van der Waals surface area contributed by atoms with Gasteiger partial charge in [0.15, 0.2) is 0 Å². The lowest BCUT2D eigenvalue weighted by molar-refractivity contribution is -0.141. The molecule has 0 aromatic heterocycles. The van der Waals surface area contributed by atoms with Crippen LogP contribution in [0.3, 0.4) is 0 Å². The Hall–Kier alpha value is -1.06. The van der Waals surface area contributed by atoms with E-state index < -0.39 is 11.9 Å². The molecule has 4 heteroatoms. The van der Waals surface area contributed by atoms with Crippen LogP contribution in [0, 0.1) is 5.92 Å². The molecular formula is C16H31NO3. The summed E-state index contributed by atoms with van der Waals surface area (Å²) in [7, 11) is 0.